The molecule has 0 bridgehead atoms. The van der Waals surface area contributed by atoms with Gasteiger partial charge in [-0.15, -0.1) is 0 Å². The predicted molar refractivity (Wildman–Crippen MR) is 87.3 cm³/mol. The van der Waals surface area contributed by atoms with E-state index in [2.05, 4.69) is 26.6 Å². The summed E-state index contributed by atoms with van der Waals surface area (Å²) < 4.78 is 0.801. The number of fused-ring (bicyclic) bond motifs is 1. The third-order valence-electron chi connectivity index (χ3n) is 3.48. The van der Waals surface area contributed by atoms with Crippen molar-refractivity contribution in [2.45, 2.75) is 12.8 Å². The highest BCUT2D eigenvalue weighted by Gasteiger charge is 2.15. The van der Waals surface area contributed by atoms with Crippen LogP contribution >= 0.6 is 15.9 Å². The molecule has 1 aliphatic rings. The van der Waals surface area contributed by atoms with E-state index in [-0.39, 0.29) is 10.6 Å². The van der Waals surface area contributed by atoms with Crippen LogP contribution < -0.4 is 10.6 Å². The van der Waals surface area contributed by atoms with E-state index in [4.69, 9.17) is 0 Å². The van der Waals surface area contributed by atoms with Crippen molar-refractivity contribution >= 4 is 38.7 Å². The molecule has 108 valence electrons. The first-order valence-corrected chi connectivity index (χ1v) is 7.50. The van der Waals surface area contributed by atoms with Crippen molar-refractivity contribution in [3.05, 3.63) is 56.5 Å². The van der Waals surface area contributed by atoms with Crippen LogP contribution in [0, 0.1) is 10.1 Å². The van der Waals surface area contributed by atoms with Gasteiger partial charge >= 0.3 is 0 Å². The highest BCUT2D eigenvalue weighted by atomic mass is 79.9. The molecular weight excluding hydrogens is 334 g/mol. The molecule has 0 amide bonds. The number of aryl methyl sites for hydroxylation is 1. The summed E-state index contributed by atoms with van der Waals surface area (Å²) in [5.74, 6) is 0. The molecule has 21 heavy (non-hydrogen) atoms. The molecule has 0 spiro atoms. The highest BCUT2D eigenvalue weighted by molar-refractivity contribution is 9.10. The lowest BCUT2D eigenvalue weighted by Gasteiger charge is -2.19. The van der Waals surface area contributed by atoms with Gasteiger partial charge in [0.25, 0.3) is 5.69 Å². The molecule has 3 rings (SSSR count). The minimum Gasteiger partial charge on any atom is -0.385 e. The Balaban J connectivity index is 1.93. The third-order valence-corrected chi connectivity index (χ3v) is 3.97. The van der Waals surface area contributed by atoms with E-state index in [9.17, 15) is 10.1 Å². The third kappa shape index (κ3) is 3.00. The summed E-state index contributed by atoms with van der Waals surface area (Å²) in [6, 6.07) is 10.9. The van der Waals surface area contributed by atoms with E-state index in [1.54, 1.807) is 12.1 Å². The Morgan fingerprint density at radius 2 is 2.10 bits per heavy atom. The fourth-order valence-corrected chi connectivity index (χ4v) is 2.84. The number of nitro groups is 1. The molecule has 2 aromatic carbocycles. The van der Waals surface area contributed by atoms with Gasteiger partial charge in [0.1, 0.15) is 5.69 Å². The fraction of sp³-hybridized carbons (Fsp3) is 0.200. The van der Waals surface area contributed by atoms with Gasteiger partial charge in [0.05, 0.1) is 4.92 Å². The first kappa shape index (κ1) is 13.9. The van der Waals surface area contributed by atoms with Crippen molar-refractivity contribution in [2.75, 3.05) is 17.2 Å². The standard InChI is InChI=1S/C15H14BrN3O2/c16-11-3-6-15(19(20)21)14(9-11)18-12-4-5-13-10(8-12)2-1-7-17-13/h3-6,8-9,17-18H,1-2,7H2. The minimum atomic E-state index is -0.380. The number of hydrogen-bond donors (Lipinski definition) is 2. The van der Waals surface area contributed by atoms with Crippen LogP contribution in [0.5, 0.6) is 0 Å². The number of benzene rings is 2. The van der Waals surface area contributed by atoms with Crippen LogP contribution in [0.3, 0.4) is 0 Å². The summed E-state index contributed by atoms with van der Waals surface area (Å²) in [6.45, 7) is 0.997. The van der Waals surface area contributed by atoms with Crippen LogP contribution in [0.2, 0.25) is 0 Å². The van der Waals surface area contributed by atoms with Crippen molar-refractivity contribution in [3.8, 4) is 0 Å². The molecule has 2 aromatic rings. The molecule has 5 nitrogen and oxygen atoms in total. The minimum absolute atomic E-state index is 0.0639. The average molecular weight is 348 g/mol. The molecular formula is C15H14BrN3O2. The maximum absolute atomic E-state index is 11.1. The predicted octanol–water partition coefficient (Wildman–Crippen LogP) is 4.46. The molecule has 0 unspecified atom stereocenters. The first-order valence-electron chi connectivity index (χ1n) is 6.71. The van der Waals surface area contributed by atoms with Gasteiger partial charge in [-0.3, -0.25) is 10.1 Å². The van der Waals surface area contributed by atoms with Gasteiger partial charge in [-0.1, -0.05) is 15.9 Å². The van der Waals surface area contributed by atoms with Crippen molar-refractivity contribution in [1.82, 2.24) is 0 Å². The van der Waals surface area contributed by atoms with Crippen LogP contribution in [0.15, 0.2) is 40.9 Å². The Kier molecular flexibility index (Phi) is 3.79. The normalized spacial score (nSPS) is 13.2. The molecule has 0 atom stereocenters. The van der Waals surface area contributed by atoms with E-state index >= 15 is 0 Å². The Morgan fingerprint density at radius 1 is 1.24 bits per heavy atom. The second-order valence-electron chi connectivity index (χ2n) is 4.95. The van der Waals surface area contributed by atoms with Crippen molar-refractivity contribution in [1.29, 1.82) is 0 Å². The lowest BCUT2D eigenvalue weighted by atomic mass is 10.0. The molecule has 2 N–H and O–H groups in total. The van der Waals surface area contributed by atoms with Crippen molar-refractivity contribution < 1.29 is 4.92 Å². The Labute approximate surface area is 130 Å². The van der Waals surface area contributed by atoms with Crippen LogP contribution in [-0.4, -0.2) is 11.5 Å². The number of nitro benzene ring substituents is 1. The monoisotopic (exact) mass is 347 g/mol. The van der Waals surface area contributed by atoms with Gasteiger partial charge in [-0.2, -0.15) is 0 Å². The zero-order valence-electron chi connectivity index (χ0n) is 11.2. The summed E-state index contributed by atoms with van der Waals surface area (Å²) in [7, 11) is 0. The number of anilines is 3. The van der Waals surface area contributed by atoms with E-state index < -0.39 is 0 Å². The largest absolute Gasteiger partial charge is 0.385 e. The molecule has 6 heteroatoms. The second-order valence-corrected chi connectivity index (χ2v) is 5.86. The van der Waals surface area contributed by atoms with Gasteiger partial charge in [0.2, 0.25) is 0 Å². The maximum Gasteiger partial charge on any atom is 0.292 e. The van der Waals surface area contributed by atoms with E-state index in [1.165, 1.54) is 11.6 Å². The molecule has 0 radical (unpaired) electrons. The van der Waals surface area contributed by atoms with Crippen LogP contribution in [-0.2, 0) is 6.42 Å². The molecule has 1 heterocycles. The van der Waals surface area contributed by atoms with Crippen LogP contribution in [0.25, 0.3) is 0 Å². The summed E-state index contributed by atoms with van der Waals surface area (Å²) in [6.07, 6.45) is 2.13. The van der Waals surface area contributed by atoms with Crippen molar-refractivity contribution in [2.24, 2.45) is 0 Å². The Hall–Kier alpha value is -2.08. The van der Waals surface area contributed by atoms with Gasteiger partial charge in [0, 0.05) is 28.5 Å². The summed E-state index contributed by atoms with van der Waals surface area (Å²) >= 11 is 3.35. The maximum atomic E-state index is 11.1. The Bertz CT molecular complexity index is 703. The molecule has 0 aromatic heterocycles. The van der Waals surface area contributed by atoms with E-state index in [1.807, 2.05) is 18.2 Å². The topological polar surface area (TPSA) is 67.2 Å². The SMILES string of the molecule is O=[N+]([O-])c1ccc(Br)cc1Nc1ccc2c(c1)CCCN2. The molecule has 0 fully saturated rings. The lowest BCUT2D eigenvalue weighted by Crippen LogP contribution is -2.11. The molecule has 0 saturated carbocycles. The molecule has 0 aliphatic carbocycles. The van der Waals surface area contributed by atoms with Crippen LogP contribution in [0.4, 0.5) is 22.7 Å². The lowest BCUT2D eigenvalue weighted by molar-refractivity contribution is -0.383. The number of rotatable bonds is 3. The summed E-state index contributed by atoms with van der Waals surface area (Å²) in [5, 5.41) is 17.6. The second kappa shape index (κ2) is 5.73. The number of halogens is 1. The summed E-state index contributed by atoms with van der Waals surface area (Å²) in [5.41, 5.74) is 3.80. The number of hydrogen-bond acceptors (Lipinski definition) is 4. The molecule has 0 saturated heterocycles. The Morgan fingerprint density at radius 3 is 2.90 bits per heavy atom. The van der Waals surface area contributed by atoms with E-state index in [0.29, 0.717) is 5.69 Å². The summed E-state index contributed by atoms with van der Waals surface area (Å²) in [4.78, 5) is 10.7. The molecule has 1 aliphatic heterocycles. The first-order chi connectivity index (χ1) is 10.1. The highest BCUT2D eigenvalue weighted by Crippen LogP contribution is 2.32. The number of nitrogens with one attached hydrogen (secondary N) is 2. The zero-order valence-corrected chi connectivity index (χ0v) is 12.8. The average Bonchev–Trinajstić information content (AvgIpc) is 2.47. The quantitative estimate of drug-likeness (QED) is 0.635. The van der Waals surface area contributed by atoms with E-state index in [0.717, 1.165) is 35.2 Å². The van der Waals surface area contributed by atoms with Gasteiger partial charge in [-0.25, -0.2) is 0 Å². The van der Waals surface area contributed by atoms with Crippen molar-refractivity contribution in [3.63, 3.8) is 0 Å². The van der Waals surface area contributed by atoms with Gasteiger partial charge in [0.15, 0.2) is 0 Å². The number of nitrogens with zero attached hydrogens (tertiary/aromatic N) is 1. The van der Waals surface area contributed by atoms with Crippen LogP contribution in [0.1, 0.15) is 12.0 Å². The zero-order chi connectivity index (χ0) is 14.8. The van der Waals surface area contributed by atoms with Gasteiger partial charge < -0.3 is 10.6 Å². The fourth-order valence-electron chi connectivity index (χ4n) is 2.48. The van der Waals surface area contributed by atoms with Gasteiger partial charge in [-0.05, 0) is 48.7 Å². The smallest absolute Gasteiger partial charge is 0.292 e.